The van der Waals surface area contributed by atoms with Crippen molar-refractivity contribution in [2.24, 2.45) is 0 Å². The molecule has 0 atom stereocenters. The molecule has 110 valence electrons. The summed E-state index contributed by atoms with van der Waals surface area (Å²) < 4.78 is 4.62. The van der Waals surface area contributed by atoms with E-state index in [1.165, 1.54) is 57.3 Å². The fraction of sp³-hybridized carbons (Fsp3) is 0.500. The third-order valence-corrected chi connectivity index (χ3v) is 3.45. The normalized spacial score (nSPS) is 10.9. The maximum absolute atomic E-state index is 11.1. The Hall–Kier alpha value is -1.57. The molecule has 2 nitrogen and oxygen atoms in total. The molecule has 0 heterocycles. The predicted molar refractivity (Wildman–Crippen MR) is 84.6 cm³/mol. The smallest absolute Gasteiger partial charge is 0.330 e. The van der Waals surface area contributed by atoms with E-state index in [9.17, 15) is 4.79 Å². The lowest BCUT2D eigenvalue weighted by Gasteiger charge is -2.06. The Morgan fingerprint density at radius 1 is 1.10 bits per heavy atom. The highest BCUT2D eigenvalue weighted by molar-refractivity contribution is 5.87. The maximum atomic E-state index is 11.1. The highest BCUT2D eigenvalue weighted by Crippen LogP contribution is 2.15. The number of carbonyl (C=O) groups excluding carboxylic acids is 1. The molecule has 0 aliphatic heterocycles. The van der Waals surface area contributed by atoms with E-state index in [2.05, 4.69) is 23.8 Å². The molecule has 1 rings (SSSR count). The van der Waals surface area contributed by atoms with Crippen molar-refractivity contribution in [3.63, 3.8) is 0 Å². The van der Waals surface area contributed by atoms with Gasteiger partial charge in [0.25, 0.3) is 0 Å². The largest absolute Gasteiger partial charge is 0.466 e. The second-order valence-electron chi connectivity index (χ2n) is 5.07. The number of carbonyl (C=O) groups is 1. The Morgan fingerprint density at radius 2 is 1.80 bits per heavy atom. The Kier molecular flexibility index (Phi) is 8.44. The summed E-state index contributed by atoms with van der Waals surface area (Å²) in [5.74, 6) is -0.306. The molecule has 0 saturated heterocycles. The van der Waals surface area contributed by atoms with Crippen molar-refractivity contribution in [2.45, 2.75) is 51.9 Å². The van der Waals surface area contributed by atoms with Gasteiger partial charge in [0.05, 0.1) is 7.11 Å². The minimum absolute atomic E-state index is 0.306. The first-order valence-electron chi connectivity index (χ1n) is 7.62. The van der Waals surface area contributed by atoms with E-state index in [1.807, 2.05) is 18.2 Å². The number of hydrogen-bond acceptors (Lipinski definition) is 2. The number of aryl methyl sites for hydroxylation is 1. The zero-order chi connectivity index (χ0) is 14.6. The standard InChI is InChI=1S/C18H26O2/c1-3-4-5-6-7-8-11-16-12-9-10-13-17(16)14-15-18(19)20-2/h9-10,12-15H,3-8,11H2,1-2H3/b15-14+. The summed E-state index contributed by atoms with van der Waals surface area (Å²) in [6.45, 7) is 2.24. The number of benzene rings is 1. The van der Waals surface area contributed by atoms with E-state index in [0.29, 0.717) is 0 Å². The van der Waals surface area contributed by atoms with Crippen LogP contribution in [-0.4, -0.2) is 13.1 Å². The van der Waals surface area contributed by atoms with Crippen LogP contribution in [0.5, 0.6) is 0 Å². The Bertz CT molecular complexity index is 421. The maximum Gasteiger partial charge on any atom is 0.330 e. The van der Waals surface area contributed by atoms with Crippen molar-refractivity contribution in [1.82, 2.24) is 0 Å². The van der Waals surface area contributed by atoms with Crippen molar-refractivity contribution < 1.29 is 9.53 Å². The quantitative estimate of drug-likeness (QED) is 0.368. The first-order chi connectivity index (χ1) is 9.77. The molecule has 0 aliphatic carbocycles. The van der Waals surface area contributed by atoms with Gasteiger partial charge in [-0.05, 0) is 30.0 Å². The average molecular weight is 274 g/mol. The molecule has 0 amide bonds. The molecule has 0 bridgehead atoms. The molecule has 0 saturated carbocycles. The van der Waals surface area contributed by atoms with Crippen molar-refractivity contribution in [1.29, 1.82) is 0 Å². The first kappa shape index (κ1) is 16.5. The summed E-state index contributed by atoms with van der Waals surface area (Å²) in [7, 11) is 1.40. The van der Waals surface area contributed by atoms with Gasteiger partial charge in [0.1, 0.15) is 0 Å². The first-order valence-corrected chi connectivity index (χ1v) is 7.62. The monoisotopic (exact) mass is 274 g/mol. The second-order valence-corrected chi connectivity index (χ2v) is 5.07. The zero-order valence-electron chi connectivity index (χ0n) is 12.7. The third kappa shape index (κ3) is 6.55. The predicted octanol–water partition coefficient (Wildman–Crippen LogP) is 4.78. The van der Waals surface area contributed by atoms with E-state index in [1.54, 1.807) is 0 Å². The molecular formula is C18H26O2. The highest BCUT2D eigenvalue weighted by atomic mass is 16.5. The van der Waals surface area contributed by atoms with Gasteiger partial charge in [-0.3, -0.25) is 0 Å². The number of esters is 1. The Labute approximate surface area is 122 Å². The molecule has 0 aromatic heterocycles. The lowest BCUT2D eigenvalue weighted by Crippen LogP contribution is -1.95. The van der Waals surface area contributed by atoms with E-state index in [0.717, 1.165) is 12.0 Å². The van der Waals surface area contributed by atoms with Crippen LogP contribution in [-0.2, 0) is 16.0 Å². The van der Waals surface area contributed by atoms with Crippen molar-refractivity contribution in [3.8, 4) is 0 Å². The molecule has 1 aromatic rings. The van der Waals surface area contributed by atoms with Gasteiger partial charge in [-0.25, -0.2) is 4.79 Å². The molecule has 0 aliphatic rings. The summed E-state index contributed by atoms with van der Waals surface area (Å²) >= 11 is 0. The van der Waals surface area contributed by atoms with Crippen molar-refractivity contribution >= 4 is 12.0 Å². The van der Waals surface area contributed by atoms with Gasteiger partial charge in [0.15, 0.2) is 0 Å². The van der Waals surface area contributed by atoms with Crippen LogP contribution in [0.25, 0.3) is 6.08 Å². The topological polar surface area (TPSA) is 26.3 Å². The summed E-state index contributed by atoms with van der Waals surface area (Å²) in [5, 5.41) is 0. The van der Waals surface area contributed by atoms with Crippen molar-refractivity contribution in [2.75, 3.05) is 7.11 Å². The second kappa shape index (κ2) is 10.2. The lowest BCUT2D eigenvalue weighted by molar-refractivity contribution is -0.134. The summed E-state index contributed by atoms with van der Waals surface area (Å²) in [6.07, 6.45) is 12.2. The molecular weight excluding hydrogens is 248 g/mol. The molecule has 0 fully saturated rings. The van der Waals surface area contributed by atoms with Gasteiger partial charge >= 0.3 is 5.97 Å². The van der Waals surface area contributed by atoms with Crippen molar-refractivity contribution in [3.05, 3.63) is 41.5 Å². The van der Waals surface area contributed by atoms with Gasteiger partial charge in [0, 0.05) is 6.08 Å². The van der Waals surface area contributed by atoms with E-state index in [4.69, 9.17) is 0 Å². The van der Waals surface area contributed by atoms with E-state index < -0.39 is 0 Å². The van der Waals surface area contributed by atoms with Crippen LogP contribution >= 0.6 is 0 Å². The summed E-state index contributed by atoms with van der Waals surface area (Å²) in [4.78, 5) is 11.1. The SMILES string of the molecule is CCCCCCCCc1ccccc1/C=C/C(=O)OC. The number of hydrogen-bond donors (Lipinski definition) is 0. The van der Waals surface area contributed by atoms with E-state index in [-0.39, 0.29) is 5.97 Å². The fourth-order valence-electron chi connectivity index (χ4n) is 2.25. The Morgan fingerprint density at radius 3 is 2.55 bits per heavy atom. The van der Waals surface area contributed by atoms with Gasteiger partial charge in [-0.2, -0.15) is 0 Å². The molecule has 20 heavy (non-hydrogen) atoms. The summed E-state index contributed by atoms with van der Waals surface area (Å²) in [5.41, 5.74) is 2.43. The number of unbranched alkanes of at least 4 members (excludes halogenated alkanes) is 5. The molecule has 0 radical (unpaired) electrons. The minimum Gasteiger partial charge on any atom is -0.466 e. The van der Waals surface area contributed by atoms with Gasteiger partial charge in [0.2, 0.25) is 0 Å². The van der Waals surface area contributed by atoms with Crippen LogP contribution in [0.1, 0.15) is 56.6 Å². The van der Waals surface area contributed by atoms with Crippen LogP contribution in [0, 0.1) is 0 Å². The van der Waals surface area contributed by atoms with Gasteiger partial charge in [-0.15, -0.1) is 0 Å². The molecule has 2 heteroatoms. The van der Waals surface area contributed by atoms with Crippen LogP contribution in [0.4, 0.5) is 0 Å². The number of methoxy groups -OCH3 is 1. The van der Waals surface area contributed by atoms with Crippen LogP contribution < -0.4 is 0 Å². The molecule has 1 aromatic carbocycles. The molecule has 0 spiro atoms. The third-order valence-electron chi connectivity index (χ3n) is 3.45. The number of rotatable bonds is 9. The lowest BCUT2D eigenvalue weighted by atomic mass is 10.00. The molecule has 0 N–H and O–H groups in total. The van der Waals surface area contributed by atoms with Crippen LogP contribution in [0.3, 0.4) is 0 Å². The minimum atomic E-state index is -0.306. The highest BCUT2D eigenvalue weighted by Gasteiger charge is 2.00. The van der Waals surface area contributed by atoms with Crippen LogP contribution in [0.15, 0.2) is 30.3 Å². The number of ether oxygens (including phenoxy) is 1. The van der Waals surface area contributed by atoms with Gasteiger partial charge < -0.3 is 4.74 Å². The van der Waals surface area contributed by atoms with Crippen LogP contribution in [0.2, 0.25) is 0 Å². The zero-order valence-corrected chi connectivity index (χ0v) is 12.7. The Balaban J connectivity index is 2.45. The molecule has 0 unspecified atom stereocenters. The van der Waals surface area contributed by atoms with E-state index >= 15 is 0 Å². The average Bonchev–Trinajstić information content (AvgIpc) is 2.49. The van der Waals surface area contributed by atoms with Gasteiger partial charge in [-0.1, -0.05) is 63.3 Å². The fourth-order valence-corrected chi connectivity index (χ4v) is 2.25. The summed E-state index contributed by atoms with van der Waals surface area (Å²) in [6, 6.07) is 8.25.